The highest BCUT2D eigenvalue weighted by atomic mass is 32.2. The number of fused-ring (bicyclic) bond motifs is 3. The summed E-state index contributed by atoms with van der Waals surface area (Å²) in [6.07, 6.45) is 1.65. The Hall–Kier alpha value is -2.65. The third-order valence-electron chi connectivity index (χ3n) is 4.77. The maximum atomic E-state index is 12.8. The van der Waals surface area contributed by atoms with Crippen LogP contribution in [0.1, 0.15) is 13.8 Å². The van der Waals surface area contributed by atoms with Gasteiger partial charge in [0.15, 0.2) is 5.16 Å². The van der Waals surface area contributed by atoms with Gasteiger partial charge in [0.25, 0.3) is 5.56 Å². The van der Waals surface area contributed by atoms with Crippen LogP contribution in [-0.4, -0.2) is 61.9 Å². The first-order valence-electron chi connectivity index (χ1n) is 9.70. The first kappa shape index (κ1) is 21.1. The molecule has 0 unspecified atom stereocenters. The minimum atomic E-state index is -0.133. The van der Waals surface area contributed by atoms with E-state index in [1.165, 1.54) is 16.3 Å². The van der Waals surface area contributed by atoms with Gasteiger partial charge in [-0.15, -0.1) is 16.8 Å². The summed E-state index contributed by atoms with van der Waals surface area (Å²) in [5.41, 5.74) is 0.591. The van der Waals surface area contributed by atoms with Crippen molar-refractivity contribution in [1.29, 1.82) is 0 Å². The number of allylic oxidation sites excluding steroid dienone is 1. The molecule has 154 valence electrons. The van der Waals surface area contributed by atoms with Gasteiger partial charge in [-0.05, 0) is 25.2 Å². The van der Waals surface area contributed by atoms with Gasteiger partial charge < -0.3 is 10.2 Å². The number of nitrogens with zero attached hydrogens (tertiary/aromatic N) is 5. The topological polar surface area (TPSA) is 84.5 Å². The highest BCUT2D eigenvalue weighted by Crippen LogP contribution is 2.21. The van der Waals surface area contributed by atoms with E-state index in [0.29, 0.717) is 29.4 Å². The van der Waals surface area contributed by atoms with Gasteiger partial charge in [-0.3, -0.25) is 18.6 Å². The summed E-state index contributed by atoms with van der Waals surface area (Å²) in [4.78, 5) is 27.3. The van der Waals surface area contributed by atoms with Crippen molar-refractivity contribution in [3.8, 4) is 0 Å². The summed E-state index contributed by atoms with van der Waals surface area (Å²) in [5.74, 6) is 0.620. The summed E-state index contributed by atoms with van der Waals surface area (Å²) in [7, 11) is 0. The normalized spacial score (nSPS) is 11.4. The van der Waals surface area contributed by atoms with Crippen LogP contribution in [0.5, 0.6) is 0 Å². The number of thioether (sulfide) groups is 1. The van der Waals surface area contributed by atoms with E-state index in [9.17, 15) is 9.59 Å². The molecule has 0 saturated carbocycles. The third-order valence-corrected chi connectivity index (χ3v) is 5.70. The minimum Gasteiger partial charge on any atom is -0.354 e. The van der Waals surface area contributed by atoms with E-state index in [0.717, 1.165) is 25.2 Å². The molecule has 8 nitrogen and oxygen atoms in total. The average Bonchev–Trinajstić information content (AvgIpc) is 3.16. The number of carbonyl (C=O) groups excluding carboxylic acids is 1. The zero-order valence-corrected chi connectivity index (χ0v) is 17.6. The summed E-state index contributed by atoms with van der Waals surface area (Å²) in [6.45, 7) is 11.6. The number of aromatic nitrogens is 4. The lowest BCUT2D eigenvalue weighted by Gasteiger charge is -2.17. The standard InChI is InChI=1S/C20H26N6O2S/c1-4-12-25-18(28)15-9-7-8-10-16(15)26-19(25)22-23-20(26)29-14-17(27)21-11-13-24(5-2)6-3/h4,7-10H,1,5-6,11-14H2,2-3H3,(H,21,27). The van der Waals surface area contributed by atoms with Crippen LogP contribution in [-0.2, 0) is 11.3 Å². The van der Waals surface area contributed by atoms with E-state index in [4.69, 9.17) is 0 Å². The number of nitrogens with one attached hydrogen (secondary N) is 1. The molecule has 29 heavy (non-hydrogen) atoms. The van der Waals surface area contributed by atoms with Crippen LogP contribution < -0.4 is 10.9 Å². The van der Waals surface area contributed by atoms with Crippen LogP contribution in [0.25, 0.3) is 16.7 Å². The Morgan fingerprint density at radius 3 is 2.76 bits per heavy atom. The number of para-hydroxylation sites is 1. The van der Waals surface area contributed by atoms with Crippen LogP contribution in [0.15, 0.2) is 46.9 Å². The zero-order valence-electron chi connectivity index (χ0n) is 16.8. The molecule has 0 bridgehead atoms. The van der Waals surface area contributed by atoms with Crippen molar-refractivity contribution in [3.05, 3.63) is 47.3 Å². The van der Waals surface area contributed by atoms with Gasteiger partial charge in [0.1, 0.15) is 0 Å². The Kier molecular flexibility index (Phi) is 7.05. The van der Waals surface area contributed by atoms with Gasteiger partial charge >= 0.3 is 0 Å². The van der Waals surface area contributed by atoms with Crippen molar-refractivity contribution >= 4 is 34.3 Å². The molecule has 1 N–H and O–H groups in total. The van der Waals surface area contributed by atoms with Crippen LogP contribution >= 0.6 is 11.8 Å². The Bertz CT molecular complexity index is 1070. The Morgan fingerprint density at radius 1 is 1.28 bits per heavy atom. The zero-order chi connectivity index (χ0) is 20.8. The van der Waals surface area contributed by atoms with Crippen LogP contribution in [0.3, 0.4) is 0 Å². The maximum absolute atomic E-state index is 12.8. The molecule has 2 heterocycles. The fourth-order valence-electron chi connectivity index (χ4n) is 3.20. The van der Waals surface area contributed by atoms with Gasteiger partial charge in [-0.1, -0.05) is 43.8 Å². The molecule has 0 aliphatic heterocycles. The second-order valence-electron chi connectivity index (χ2n) is 6.51. The predicted octanol–water partition coefficient (Wildman–Crippen LogP) is 1.78. The quantitative estimate of drug-likeness (QED) is 0.402. The first-order chi connectivity index (χ1) is 14.1. The fourth-order valence-corrected chi connectivity index (χ4v) is 3.97. The predicted molar refractivity (Wildman–Crippen MR) is 116 cm³/mol. The number of hydrogen-bond donors (Lipinski definition) is 1. The van der Waals surface area contributed by atoms with Crippen LogP contribution in [0, 0.1) is 0 Å². The second kappa shape index (κ2) is 9.71. The van der Waals surface area contributed by atoms with Crippen LogP contribution in [0.4, 0.5) is 0 Å². The minimum absolute atomic E-state index is 0.0531. The third kappa shape index (κ3) is 4.51. The van der Waals surface area contributed by atoms with Crippen molar-refractivity contribution in [2.24, 2.45) is 0 Å². The number of rotatable bonds is 10. The SMILES string of the molecule is C=CCn1c(=O)c2ccccc2n2c(SCC(=O)NCCN(CC)CC)nnc12. The van der Waals surface area contributed by atoms with Gasteiger partial charge in [0.05, 0.1) is 16.7 Å². The Morgan fingerprint density at radius 2 is 2.03 bits per heavy atom. The molecular weight excluding hydrogens is 388 g/mol. The molecule has 3 aromatic rings. The molecule has 3 rings (SSSR count). The van der Waals surface area contributed by atoms with Crippen molar-refractivity contribution in [2.45, 2.75) is 25.5 Å². The lowest BCUT2D eigenvalue weighted by atomic mass is 10.2. The first-order valence-corrected chi connectivity index (χ1v) is 10.7. The van der Waals surface area contributed by atoms with Crippen molar-refractivity contribution in [2.75, 3.05) is 31.9 Å². The van der Waals surface area contributed by atoms with Crippen molar-refractivity contribution in [3.63, 3.8) is 0 Å². The molecule has 0 saturated heterocycles. The van der Waals surface area contributed by atoms with Crippen molar-refractivity contribution < 1.29 is 4.79 Å². The molecule has 0 aliphatic rings. The number of carbonyl (C=O) groups is 1. The molecule has 2 aromatic heterocycles. The van der Waals surface area contributed by atoms with Gasteiger partial charge in [-0.25, -0.2) is 0 Å². The largest absolute Gasteiger partial charge is 0.354 e. The monoisotopic (exact) mass is 414 g/mol. The van der Waals surface area contributed by atoms with E-state index < -0.39 is 0 Å². The molecule has 0 spiro atoms. The fraction of sp³-hybridized carbons (Fsp3) is 0.400. The molecule has 9 heteroatoms. The number of amides is 1. The summed E-state index contributed by atoms with van der Waals surface area (Å²) in [5, 5.41) is 12.5. The second-order valence-corrected chi connectivity index (χ2v) is 7.45. The highest BCUT2D eigenvalue weighted by molar-refractivity contribution is 7.99. The molecule has 1 amide bonds. The molecule has 0 atom stereocenters. The summed E-state index contributed by atoms with van der Waals surface area (Å²) in [6, 6.07) is 7.34. The van der Waals surface area contributed by atoms with E-state index in [1.807, 2.05) is 22.6 Å². The lowest BCUT2D eigenvalue weighted by molar-refractivity contribution is -0.118. The highest BCUT2D eigenvalue weighted by Gasteiger charge is 2.17. The van der Waals surface area contributed by atoms with Crippen LogP contribution in [0.2, 0.25) is 0 Å². The molecule has 0 radical (unpaired) electrons. The molecule has 1 aromatic carbocycles. The Balaban J connectivity index is 1.81. The van der Waals surface area contributed by atoms with E-state index in [-0.39, 0.29) is 17.2 Å². The average molecular weight is 415 g/mol. The smallest absolute Gasteiger partial charge is 0.263 e. The van der Waals surface area contributed by atoms with Gasteiger partial charge in [0.2, 0.25) is 11.7 Å². The summed E-state index contributed by atoms with van der Waals surface area (Å²) >= 11 is 1.31. The number of likely N-dealkylation sites (N-methyl/N-ethyl adjacent to an activating group) is 1. The van der Waals surface area contributed by atoms with Crippen molar-refractivity contribution in [1.82, 2.24) is 29.4 Å². The summed E-state index contributed by atoms with van der Waals surface area (Å²) < 4.78 is 3.37. The van der Waals surface area contributed by atoms with E-state index in [1.54, 1.807) is 12.1 Å². The Labute approximate surface area is 173 Å². The van der Waals surface area contributed by atoms with E-state index in [2.05, 4.69) is 40.8 Å². The van der Waals surface area contributed by atoms with Gasteiger partial charge in [-0.2, -0.15) is 0 Å². The molecule has 0 aliphatic carbocycles. The lowest BCUT2D eigenvalue weighted by Crippen LogP contribution is -2.35. The number of hydrogen-bond acceptors (Lipinski definition) is 6. The molecular formula is C20H26N6O2S. The molecule has 0 fully saturated rings. The van der Waals surface area contributed by atoms with Gasteiger partial charge in [0, 0.05) is 19.6 Å². The number of benzene rings is 1. The maximum Gasteiger partial charge on any atom is 0.263 e. The van der Waals surface area contributed by atoms with E-state index >= 15 is 0 Å².